The number of carboxylic acids is 1. The van der Waals surface area contributed by atoms with Gasteiger partial charge in [0, 0.05) is 13.1 Å². The Bertz CT molecular complexity index is 616. The van der Waals surface area contributed by atoms with Crippen molar-refractivity contribution in [1.29, 1.82) is 0 Å². The van der Waals surface area contributed by atoms with E-state index in [9.17, 15) is 13.2 Å². The van der Waals surface area contributed by atoms with Gasteiger partial charge < -0.3 is 5.11 Å². The molecule has 0 aromatic heterocycles. The number of hydrogen-bond acceptors (Lipinski definition) is 3. The van der Waals surface area contributed by atoms with Crippen molar-refractivity contribution in [2.24, 2.45) is 11.8 Å². The summed E-state index contributed by atoms with van der Waals surface area (Å²) in [6.07, 6.45) is 0. The molecule has 1 aromatic rings. The van der Waals surface area contributed by atoms with Gasteiger partial charge in [-0.25, -0.2) is 8.42 Å². The van der Waals surface area contributed by atoms with Crippen LogP contribution in [0.3, 0.4) is 0 Å². The Morgan fingerprint density at radius 1 is 1.19 bits per heavy atom. The number of aliphatic carboxylic acids is 1. The average molecular weight is 311 g/mol. The number of rotatable bonds is 5. The summed E-state index contributed by atoms with van der Waals surface area (Å²) in [6.45, 7) is 6.28. The van der Waals surface area contributed by atoms with Crippen LogP contribution in [-0.4, -0.2) is 36.9 Å². The van der Waals surface area contributed by atoms with Crippen LogP contribution in [-0.2, 0) is 14.8 Å². The van der Waals surface area contributed by atoms with Gasteiger partial charge in [-0.05, 0) is 29.5 Å². The van der Waals surface area contributed by atoms with Gasteiger partial charge in [0.05, 0.1) is 10.8 Å². The number of benzene rings is 1. The van der Waals surface area contributed by atoms with Crippen molar-refractivity contribution in [3.05, 3.63) is 29.8 Å². The maximum absolute atomic E-state index is 12.4. The van der Waals surface area contributed by atoms with Crippen molar-refractivity contribution >= 4 is 16.0 Å². The number of hydrogen-bond donors (Lipinski definition) is 1. The van der Waals surface area contributed by atoms with E-state index in [1.54, 1.807) is 19.1 Å². The molecule has 0 saturated carbocycles. The predicted octanol–water partition coefficient (Wildman–Crippen LogP) is 2.15. The molecular weight excluding hydrogens is 290 g/mol. The molecule has 21 heavy (non-hydrogen) atoms. The standard InChI is InChI=1S/C15H21NO4S/c1-10(2)12-4-6-14(7-5-12)21(19,20)16-8-13(9-16)11(3)15(17)18/h4-7,10-11,13H,8-9H2,1-3H3,(H,17,18). The molecule has 1 saturated heterocycles. The van der Waals surface area contributed by atoms with Gasteiger partial charge in [0.25, 0.3) is 0 Å². The summed E-state index contributed by atoms with van der Waals surface area (Å²) in [6, 6.07) is 6.90. The quantitative estimate of drug-likeness (QED) is 0.904. The van der Waals surface area contributed by atoms with Crippen molar-refractivity contribution < 1.29 is 18.3 Å². The molecule has 1 fully saturated rings. The highest BCUT2D eigenvalue weighted by atomic mass is 32.2. The molecule has 0 aliphatic carbocycles. The molecule has 1 atom stereocenters. The lowest BCUT2D eigenvalue weighted by atomic mass is 9.89. The summed E-state index contributed by atoms with van der Waals surface area (Å²) in [5, 5.41) is 8.94. The van der Waals surface area contributed by atoms with Crippen molar-refractivity contribution in [3.63, 3.8) is 0 Å². The Morgan fingerprint density at radius 3 is 2.14 bits per heavy atom. The summed E-state index contributed by atoms with van der Waals surface area (Å²) >= 11 is 0. The van der Waals surface area contributed by atoms with Gasteiger partial charge in [-0.3, -0.25) is 4.79 Å². The molecule has 5 nitrogen and oxygen atoms in total. The van der Waals surface area contributed by atoms with E-state index in [1.165, 1.54) is 4.31 Å². The highest BCUT2D eigenvalue weighted by Gasteiger charge is 2.41. The average Bonchev–Trinajstić information content (AvgIpc) is 2.36. The van der Waals surface area contributed by atoms with Crippen LogP contribution in [0.15, 0.2) is 29.2 Å². The van der Waals surface area contributed by atoms with Crippen molar-refractivity contribution in [2.75, 3.05) is 13.1 Å². The number of carbonyl (C=O) groups is 1. The van der Waals surface area contributed by atoms with Crippen molar-refractivity contribution in [3.8, 4) is 0 Å². The molecule has 1 heterocycles. The third-order valence-electron chi connectivity index (χ3n) is 4.16. The summed E-state index contributed by atoms with van der Waals surface area (Å²) < 4.78 is 26.2. The predicted molar refractivity (Wildman–Crippen MR) is 79.6 cm³/mol. The van der Waals surface area contributed by atoms with Crippen LogP contribution in [0.1, 0.15) is 32.3 Å². The van der Waals surface area contributed by atoms with Gasteiger partial charge in [0.2, 0.25) is 10.0 Å². The van der Waals surface area contributed by atoms with E-state index in [-0.39, 0.29) is 23.9 Å². The largest absolute Gasteiger partial charge is 0.481 e. The second-order valence-corrected chi connectivity index (χ2v) is 7.87. The minimum Gasteiger partial charge on any atom is -0.481 e. The first-order valence-corrected chi connectivity index (χ1v) is 8.50. The topological polar surface area (TPSA) is 74.7 Å². The van der Waals surface area contributed by atoms with Crippen LogP contribution in [0, 0.1) is 11.8 Å². The second-order valence-electron chi connectivity index (χ2n) is 5.93. The Balaban J connectivity index is 2.08. The molecule has 1 aliphatic rings. The Kier molecular flexibility index (Phi) is 4.39. The number of nitrogens with zero attached hydrogens (tertiary/aromatic N) is 1. The van der Waals surface area contributed by atoms with Gasteiger partial charge in [-0.15, -0.1) is 0 Å². The van der Waals surface area contributed by atoms with Gasteiger partial charge in [-0.2, -0.15) is 4.31 Å². The second kappa shape index (κ2) is 5.77. The summed E-state index contributed by atoms with van der Waals surface area (Å²) in [5.74, 6) is -1.14. The third kappa shape index (κ3) is 3.11. The zero-order valence-corrected chi connectivity index (χ0v) is 13.3. The van der Waals surface area contributed by atoms with E-state index in [0.29, 0.717) is 5.92 Å². The van der Waals surface area contributed by atoms with Gasteiger partial charge in [0.1, 0.15) is 0 Å². The fraction of sp³-hybridized carbons (Fsp3) is 0.533. The lowest BCUT2D eigenvalue weighted by Gasteiger charge is -2.40. The number of sulfonamides is 1. The Hall–Kier alpha value is -1.40. The highest BCUT2D eigenvalue weighted by molar-refractivity contribution is 7.89. The van der Waals surface area contributed by atoms with E-state index in [1.807, 2.05) is 12.1 Å². The normalized spacial score (nSPS) is 18.5. The van der Waals surface area contributed by atoms with Gasteiger partial charge >= 0.3 is 5.97 Å². The van der Waals surface area contributed by atoms with E-state index < -0.39 is 21.9 Å². The maximum Gasteiger partial charge on any atom is 0.306 e. The molecule has 0 spiro atoms. The smallest absolute Gasteiger partial charge is 0.306 e. The maximum atomic E-state index is 12.4. The van der Waals surface area contributed by atoms with Crippen LogP contribution in [0.4, 0.5) is 0 Å². The molecule has 0 amide bonds. The summed E-state index contributed by atoms with van der Waals surface area (Å²) in [5.41, 5.74) is 1.09. The van der Waals surface area contributed by atoms with Crippen LogP contribution < -0.4 is 0 Å². The first kappa shape index (κ1) is 16.0. The molecule has 0 radical (unpaired) electrons. The Morgan fingerprint density at radius 2 is 1.71 bits per heavy atom. The van der Waals surface area contributed by atoms with Crippen molar-refractivity contribution in [2.45, 2.75) is 31.6 Å². The lowest BCUT2D eigenvalue weighted by Crippen LogP contribution is -2.53. The molecular formula is C15H21NO4S. The molecule has 0 bridgehead atoms. The molecule has 1 unspecified atom stereocenters. The third-order valence-corrected chi connectivity index (χ3v) is 6.00. The monoisotopic (exact) mass is 311 g/mol. The molecule has 1 N–H and O–H groups in total. The van der Waals surface area contributed by atoms with E-state index in [0.717, 1.165) is 5.56 Å². The summed E-state index contributed by atoms with van der Waals surface area (Å²) in [4.78, 5) is 11.2. The Labute approximate surface area is 125 Å². The van der Waals surface area contributed by atoms with Crippen LogP contribution >= 0.6 is 0 Å². The minimum absolute atomic E-state index is 0.104. The lowest BCUT2D eigenvalue weighted by molar-refractivity contribution is -0.144. The molecule has 116 valence electrons. The summed E-state index contributed by atoms with van der Waals surface area (Å²) in [7, 11) is -3.50. The fourth-order valence-electron chi connectivity index (χ4n) is 2.36. The van der Waals surface area contributed by atoms with Gasteiger partial charge in [0.15, 0.2) is 0 Å². The van der Waals surface area contributed by atoms with Gasteiger partial charge in [-0.1, -0.05) is 32.9 Å². The zero-order valence-electron chi connectivity index (χ0n) is 12.5. The molecule has 1 aromatic carbocycles. The minimum atomic E-state index is -3.50. The molecule has 2 rings (SSSR count). The SMILES string of the molecule is CC(C)c1ccc(S(=O)(=O)N2CC(C(C)C(=O)O)C2)cc1. The first-order chi connectivity index (χ1) is 9.73. The van der Waals surface area contributed by atoms with Crippen LogP contribution in [0.5, 0.6) is 0 Å². The highest BCUT2D eigenvalue weighted by Crippen LogP contribution is 2.30. The zero-order chi connectivity index (χ0) is 15.8. The molecule has 1 aliphatic heterocycles. The first-order valence-electron chi connectivity index (χ1n) is 7.06. The number of carboxylic acid groups (broad SMARTS) is 1. The van der Waals surface area contributed by atoms with E-state index in [4.69, 9.17) is 5.11 Å². The molecule has 6 heteroatoms. The van der Waals surface area contributed by atoms with Crippen LogP contribution in [0.2, 0.25) is 0 Å². The fourth-order valence-corrected chi connectivity index (χ4v) is 3.91. The van der Waals surface area contributed by atoms with E-state index in [2.05, 4.69) is 13.8 Å². The van der Waals surface area contributed by atoms with E-state index >= 15 is 0 Å². The van der Waals surface area contributed by atoms with Crippen molar-refractivity contribution in [1.82, 2.24) is 4.31 Å². The van der Waals surface area contributed by atoms with Crippen LogP contribution in [0.25, 0.3) is 0 Å².